The molecule has 0 saturated heterocycles. The molecule has 0 aromatic heterocycles. The number of hydrogen-bond acceptors (Lipinski definition) is 4. The average molecular weight is 473 g/mol. The van der Waals surface area contributed by atoms with E-state index in [9.17, 15) is 9.59 Å². The van der Waals surface area contributed by atoms with E-state index in [-0.39, 0.29) is 31.0 Å². The van der Waals surface area contributed by atoms with Crippen LogP contribution in [0.5, 0.6) is 11.5 Å². The second-order valence-electron chi connectivity index (χ2n) is 8.38. The van der Waals surface area contributed by atoms with Crippen LogP contribution in [0.2, 0.25) is 5.02 Å². The van der Waals surface area contributed by atoms with Gasteiger partial charge in [-0.3, -0.25) is 9.59 Å². The number of methoxy groups -OCH3 is 1. The van der Waals surface area contributed by atoms with Crippen LogP contribution in [0.4, 0.5) is 0 Å². The Morgan fingerprint density at radius 1 is 1.09 bits per heavy atom. The molecule has 7 heteroatoms. The highest BCUT2D eigenvalue weighted by Gasteiger charge is 2.30. The molecule has 2 aromatic rings. The van der Waals surface area contributed by atoms with Gasteiger partial charge >= 0.3 is 0 Å². The molecule has 6 nitrogen and oxygen atoms in total. The number of rotatable bonds is 10. The van der Waals surface area contributed by atoms with E-state index >= 15 is 0 Å². The zero-order valence-corrected chi connectivity index (χ0v) is 20.1. The first-order valence-electron chi connectivity index (χ1n) is 11.6. The van der Waals surface area contributed by atoms with Gasteiger partial charge in [0.25, 0.3) is 5.91 Å². The van der Waals surface area contributed by atoms with Crippen LogP contribution >= 0.6 is 11.6 Å². The summed E-state index contributed by atoms with van der Waals surface area (Å²) in [6.45, 7) is 2.05. The van der Waals surface area contributed by atoms with E-state index in [1.54, 1.807) is 36.3 Å². The molecule has 0 unspecified atom stereocenters. The Balaban J connectivity index is 1.76. The number of ether oxygens (including phenoxy) is 2. The number of carbonyl (C=O) groups is 2. The zero-order valence-electron chi connectivity index (χ0n) is 19.4. The van der Waals surface area contributed by atoms with Crippen LogP contribution in [0.3, 0.4) is 0 Å². The third-order valence-corrected chi connectivity index (χ3v) is 6.25. The molecule has 3 rings (SSSR count). The molecule has 0 bridgehead atoms. The quantitative estimate of drug-likeness (QED) is 0.529. The normalized spacial score (nSPS) is 14.9. The van der Waals surface area contributed by atoms with Gasteiger partial charge < -0.3 is 19.7 Å². The van der Waals surface area contributed by atoms with E-state index in [2.05, 4.69) is 5.32 Å². The van der Waals surface area contributed by atoms with E-state index in [1.165, 1.54) is 6.42 Å². The molecule has 0 heterocycles. The summed E-state index contributed by atoms with van der Waals surface area (Å²) in [4.78, 5) is 28.1. The van der Waals surface area contributed by atoms with Gasteiger partial charge in [-0.1, -0.05) is 49.9 Å². The number of benzene rings is 2. The minimum atomic E-state index is -0.584. The lowest BCUT2D eigenvalue weighted by Crippen LogP contribution is -2.52. The van der Waals surface area contributed by atoms with Crippen molar-refractivity contribution in [2.24, 2.45) is 0 Å². The lowest BCUT2D eigenvalue weighted by Gasteiger charge is -2.32. The molecule has 1 aliphatic carbocycles. The number of nitrogens with one attached hydrogen (secondary N) is 1. The molecular formula is C26H33ClN2O4. The van der Waals surface area contributed by atoms with E-state index in [0.717, 1.165) is 31.2 Å². The van der Waals surface area contributed by atoms with Crippen molar-refractivity contribution in [3.63, 3.8) is 0 Å². The topological polar surface area (TPSA) is 67.9 Å². The molecule has 0 radical (unpaired) electrons. The summed E-state index contributed by atoms with van der Waals surface area (Å²) in [6.07, 6.45) is 5.96. The van der Waals surface area contributed by atoms with Gasteiger partial charge in [0.05, 0.1) is 7.11 Å². The maximum atomic E-state index is 13.3. The minimum Gasteiger partial charge on any atom is -0.497 e. The highest BCUT2D eigenvalue weighted by atomic mass is 35.5. The Morgan fingerprint density at radius 3 is 2.48 bits per heavy atom. The second-order valence-corrected chi connectivity index (χ2v) is 8.82. The predicted octanol–water partition coefficient (Wildman–Crippen LogP) is 4.98. The summed E-state index contributed by atoms with van der Waals surface area (Å²) in [6, 6.07) is 14.0. The van der Waals surface area contributed by atoms with Crippen LogP contribution in [0, 0.1) is 0 Å². The molecule has 1 aliphatic rings. The third kappa shape index (κ3) is 7.39. The van der Waals surface area contributed by atoms with Crippen LogP contribution in [0.25, 0.3) is 0 Å². The summed E-state index contributed by atoms with van der Waals surface area (Å²) in [5, 5.41) is 3.78. The van der Waals surface area contributed by atoms with Gasteiger partial charge in [0, 0.05) is 17.6 Å². The second kappa shape index (κ2) is 12.5. The number of hydrogen-bond donors (Lipinski definition) is 1. The lowest BCUT2D eigenvalue weighted by atomic mass is 9.95. The standard InChI is InChI=1S/C26H33ClN2O4/c1-3-24(26(31)28-21-9-5-4-6-10-21)29(17-19-8-7-11-23(16-19)32-2)25(30)18-33-22-14-12-20(27)13-15-22/h7-8,11-16,21,24H,3-6,9-10,17-18H2,1-2H3,(H,28,31)/t24-/m0/s1. The number of carbonyl (C=O) groups excluding carboxylic acids is 2. The monoisotopic (exact) mass is 472 g/mol. The van der Waals surface area contributed by atoms with Crippen molar-refractivity contribution in [1.29, 1.82) is 0 Å². The third-order valence-electron chi connectivity index (χ3n) is 6.00. The van der Waals surface area contributed by atoms with Crippen LogP contribution in [-0.2, 0) is 16.1 Å². The largest absolute Gasteiger partial charge is 0.497 e. The SMILES string of the molecule is CC[C@@H](C(=O)NC1CCCCC1)N(Cc1cccc(OC)c1)C(=O)COc1ccc(Cl)cc1. The highest BCUT2D eigenvalue weighted by Crippen LogP contribution is 2.21. The van der Waals surface area contributed by atoms with Crippen LogP contribution < -0.4 is 14.8 Å². The van der Waals surface area contributed by atoms with Gasteiger partial charge in [-0.15, -0.1) is 0 Å². The highest BCUT2D eigenvalue weighted by molar-refractivity contribution is 6.30. The fourth-order valence-corrected chi connectivity index (χ4v) is 4.32. The van der Waals surface area contributed by atoms with Crippen molar-refractivity contribution < 1.29 is 19.1 Å². The molecule has 2 amide bonds. The first-order valence-corrected chi connectivity index (χ1v) is 12.0. The van der Waals surface area contributed by atoms with E-state index < -0.39 is 6.04 Å². The van der Waals surface area contributed by atoms with Gasteiger partial charge in [-0.05, 0) is 61.2 Å². The first-order chi connectivity index (χ1) is 16.0. The minimum absolute atomic E-state index is 0.105. The van der Waals surface area contributed by atoms with Crippen LogP contribution in [0.15, 0.2) is 48.5 Å². The molecule has 33 heavy (non-hydrogen) atoms. The zero-order chi connectivity index (χ0) is 23.6. The maximum Gasteiger partial charge on any atom is 0.261 e. The van der Waals surface area contributed by atoms with Crippen LogP contribution in [0.1, 0.15) is 51.0 Å². The molecule has 1 N–H and O–H groups in total. The van der Waals surface area contributed by atoms with E-state index in [4.69, 9.17) is 21.1 Å². The van der Waals surface area contributed by atoms with Gasteiger partial charge in [0.1, 0.15) is 17.5 Å². The Morgan fingerprint density at radius 2 is 1.82 bits per heavy atom. The van der Waals surface area contributed by atoms with Gasteiger partial charge in [0.15, 0.2) is 6.61 Å². The van der Waals surface area contributed by atoms with E-state index in [0.29, 0.717) is 22.9 Å². The van der Waals surface area contributed by atoms with Crippen molar-refractivity contribution in [1.82, 2.24) is 10.2 Å². The Labute approximate surface area is 201 Å². The van der Waals surface area contributed by atoms with Crippen LogP contribution in [-0.4, -0.2) is 42.5 Å². The fourth-order valence-electron chi connectivity index (χ4n) is 4.19. The first kappa shape index (κ1) is 24.9. The summed E-state index contributed by atoms with van der Waals surface area (Å²) in [5.74, 6) is 0.899. The lowest BCUT2D eigenvalue weighted by molar-refractivity contribution is -0.143. The smallest absolute Gasteiger partial charge is 0.261 e. The maximum absolute atomic E-state index is 13.3. The molecular weight excluding hydrogens is 440 g/mol. The molecule has 2 aromatic carbocycles. The van der Waals surface area contributed by atoms with Crippen molar-refractivity contribution in [3.05, 3.63) is 59.1 Å². The molecule has 1 saturated carbocycles. The number of amides is 2. The van der Waals surface area contributed by atoms with E-state index in [1.807, 2.05) is 31.2 Å². The van der Waals surface area contributed by atoms with Crippen molar-refractivity contribution >= 4 is 23.4 Å². The number of nitrogens with zero attached hydrogens (tertiary/aromatic N) is 1. The van der Waals surface area contributed by atoms with Crippen molar-refractivity contribution in [2.75, 3.05) is 13.7 Å². The Bertz CT molecular complexity index is 913. The predicted molar refractivity (Wildman–Crippen MR) is 130 cm³/mol. The fraction of sp³-hybridized carbons (Fsp3) is 0.462. The molecule has 1 fully saturated rings. The van der Waals surface area contributed by atoms with Gasteiger partial charge in [-0.25, -0.2) is 0 Å². The van der Waals surface area contributed by atoms with Crippen molar-refractivity contribution in [2.45, 2.75) is 64.1 Å². The van der Waals surface area contributed by atoms with Crippen molar-refractivity contribution in [3.8, 4) is 11.5 Å². The summed E-state index contributed by atoms with van der Waals surface area (Å²) >= 11 is 5.93. The molecule has 0 spiro atoms. The Kier molecular flexibility index (Phi) is 9.43. The van der Waals surface area contributed by atoms with Gasteiger partial charge in [-0.2, -0.15) is 0 Å². The molecule has 0 aliphatic heterocycles. The average Bonchev–Trinajstić information content (AvgIpc) is 2.84. The van der Waals surface area contributed by atoms with Gasteiger partial charge in [0.2, 0.25) is 5.91 Å². The summed E-state index contributed by atoms with van der Waals surface area (Å²) < 4.78 is 11.0. The number of halogens is 1. The summed E-state index contributed by atoms with van der Waals surface area (Å²) in [5.41, 5.74) is 0.887. The summed E-state index contributed by atoms with van der Waals surface area (Å²) in [7, 11) is 1.61. The molecule has 1 atom stereocenters. The molecule has 178 valence electrons. The Hall–Kier alpha value is -2.73.